The molecule has 1 aromatic heterocycles. The Labute approximate surface area is 119 Å². The van der Waals surface area contributed by atoms with Gasteiger partial charge in [-0.25, -0.2) is 4.68 Å². The lowest BCUT2D eigenvalue weighted by atomic mass is 9.93. The van der Waals surface area contributed by atoms with E-state index < -0.39 is 0 Å². The number of anilines is 1. The molecule has 0 fully saturated rings. The second-order valence-electron chi connectivity index (χ2n) is 5.03. The summed E-state index contributed by atoms with van der Waals surface area (Å²) in [6.07, 6.45) is 3.30. The summed E-state index contributed by atoms with van der Waals surface area (Å²) in [5.41, 5.74) is 5.86. The molecule has 1 rings (SSSR count). The third-order valence-electron chi connectivity index (χ3n) is 3.58. The number of nitrogens with one attached hydrogen (secondary N) is 1. The largest absolute Gasteiger partial charge is 0.376 e. The first-order valence-electron chi connectivity index (χ1n) is 6.66. The summed E-state index contributed by atoms with van der Waals surface area (Å²) in [5, 5.41) is 7.60. The van der Waals surface area contributed by atoms with E-state index in [1.165, 1.54) is 4.68 Å². The van der Waals surface area contributed by atoms with Crippen molar-refractivity contribution in [3.63, 3.8) is 0 Å². The van der Waals surface area contributed by atoms with E-state index in [1.54, 1.807) is 6.20 Å². The van der Waals surface area contributed by atoms with Crippen molar-refractivity contribution in [2.45, 2.75) is 52.1 Å². The predicted molar refractivity (Wildman–Crippen MR) is 79.9 cm³/mol. The number of aromatic nitrogens is 2. The molecule has 19 heavy (non-hydrogen) atoms. The fraction of sp³-hybridized carbons (Fsp3) is 0.692. The average Bonchev–Trinajstić information content (AvgIpc) is 2.40. The van der Waals surface area contributed by atoms with Crippen LogP contribution in [0.15, 0.2) is 11.0 Å². The second kappa shape index (κ2) is 6.39. The highest BCUT2D eigenvalue weighted by Crippen LogP contribution is 2.24. The van der Waals surface area contributed by atoms with Crippen LogP contribution in [0.4, 0.5) is 5.69 Å². The predicted octanol–water partition coefficient (Wildman–Crippen LogP) is 2.41. The van der Waals surface area contributed by atoms with Gasteiger partial charge in [0.05, 0.1) is 17.9 Å². The lowest BCUT2D eigenvalue weighted by Gasteiger charge is -2.32. The van der Waals surface area contributed by atoms with E-state index in [2.05, 4.69) is 24.3 Å². The van der Waals surface area contributed by atoms with E-state index in [1.807, 2.05) is 13.8 Å². The Morgan fingerprint density at radius 1 is 1.47 bits per heavy atom. The molecule has 0 aromatic carbocycles. The topological polar surface area (TPSA) is 72.9 Å². The quantitative estimate of drug-likeness (QED) is 0.842. The number of nitrogens with zero attached hydrogens (tertiary/aromatic N) is 2. The van der Waals surface area contributed by atoms with Gasteiger partial charge in [0.15, 0.2) is 0 Å². The summed E-state index contributed by atoms with van der Waals surface area (Å²) in [5.74, 6) is 0. The van der Waals surface area contributed by atoms with Crippen molar-refractivity contribution in [3.8, 4) is 0 Å². The Morgan fingerprint density at radius 2 is 2.05 bits per heavy atom. The first-order valence-corrected chi connectivity index (χ1v) is 7.04. The summed E-state index contributed by atoms with van der Waals surface area (Å²) < 4.78 is 1.37. The Hall–Kier alpha value is -1.07. The van der Waals surface area contributed by atoms with Gasteiger partial charge in [-0.1, -0.05) is 25.4 Å². The average molecular weight is 287 g/mol. The van der Waals surface area contributed by atoms with Gasteiger partial charge in [0, 0.05) is 12.1 Å². The Balaban J connectivity index is 3.17. The van der Waals surface area contributed by atoms with Gasteiger partial charge in [0.2, 0.25) is 0 Å². The molecule has 0 bridgehead atoms. The zero-order valence-electron chi connectivity index (χ0n) is 12.0. The van der Waals surface area contributed by atoms with Crippen molar-refractivity contribution in [2.24, 2.45) is 5.73 Å². The maximum absolute atomic E-state index is 12.1. The molecule has 0 aliphatic heterocycles. The van der Waals surface area contributed by atoms with Crippen LogP contribution < -0.4 is 16.6 Å². The van der Waals surface area contributed by atoms with Crippen LogP contribution in [0.3, 0.4) is 0 Å². The van der Waals surface area contributed by atoms with Crippen LogP contribution in [0.5, 0.6) is 0 Å². The van der Waals surface area contributed by atoms with Crippen molar-refractivity contribution in [2.75, 3.05) is 11.9 Å². The fourth-order valence-electron chi connectivity index (χ4n) is 1.95. The van der Waals surface area contributed by atoms with Crippen LogP contribution in [0.1, 0.15) is 46.6 Å². The summed E-state index contributed by atoms with van der Waals surface area (Å²) in [7, 11) is 0. The van der Waals surface area contributed by atoms with Crippen LogP contribution in [-0.2, 0) is 0 Å². The van der Waals surface area contributed by atoms with Crippen molar-refractivity contribution < 1.29 is 0 Å². The van der Waals surface area contributed by atoms with E-state index in [-0.39, 0.29) is 22.2 Å². The number of halogens is 1. The first kappa shape index (κ1) is 16.0. The van der Waals surface area contributed by atoms with E-state index >= 15 is 0 Å². The first-order chi connectivity index (χ1) is 8.90. The third-order valence-corrected chi connectivity index (χ3v) is 3.94. The Morgan fingerprint density at radius 3 is 2.47 bits per heavy atom. The smallest absolute Gasteiger partial charge is 0.287 e. The minimum Gasteiger partial charge on any atom is -0.376 e. The van der Waals surface area contributed by atoms with Gasteiger partial charge in [-0.3, -0.25) is 4.79 Å². The van der Waals surface area contributed by atoms with E-state index in [0.717, 1.165) is 12.8 Å². The monoisotopic (exact) mass is 286 g/mol. The maximum Gasteiger partial charge on any atom is 0.287 e. The minimum atomic E-state index is -0.278. The molecule has 0 spiro atoms. The van der Waals surface area contributed by atoms with E-state index in [4.69, 9.17) is 17.3 Å². The molecule has 0 saturated carbocycles. The van der Waals surface area contributed by atoms with Crippen LogP contribution in [-0.4, -0.2) is 21.9 Å². The Kier molecular flexibility index (Phi) is 5.38. The van der Waals surface area contributed by atoms with Crippen molar-refractivity contribution in [3.05, 3.63) is 21.6 Å². The molecule has 0 radical (unpaired) electrons. The molecule has 3 N–H and O–H groups in total. The van der Waals surface area contributed by atoms with Gasteiger partial charge in [0.25, 0.3) is 5.56 Å². The molecule has 1 aromatic rings. The fourth-order valence-corrected chi connectivity index (χ4v) is 2.13. The summed E-state index contributed by atoms with van der Waals surface area (Å²) in [6, 6.07) is -0.0179. The van der Waals surface area contributed by atoms with Crippen LogP contribution in [0.25, 0.3) is 0 Å². The van der Waals surface area contributed by atoms with Gasteiger partial charge in [-0.2, -0.15) is 5.10 Å². The number of nitrogens with two attached hydrogens (primary N) is 1. The van der Waals surface area contributed by atoms with E-state index in [0.29, 0.717) is 12.2 Å². The molecule has 5 nitrogen and oxygen atoms in total. The Bertz CT molecular complexity index is 472. The highest BCUT2D eigenvalue weighted by Gasteiger charge is 2.25. The molecular weight excluding hydrogens is 264 g/mol. The molecule has 1 heterocycles. The number of hydrogen-bond acceptors (Lipinski definition) is 4. The van der Waals surface area contributed by atoms with Crippen LogP contribution in [0.2, 0.25) is 5.02 Å². The van der Waals surface area contributed by atoms with Crippen molar-refractivity contribution >= 4 is 17.3 Å². The number of rotatable bonds is 6. The zero-order chi connectivity index (χ0) is 14.6. The van der Waals surface area contributed by atoms with Crippen LogP contribution >= 0.6 is 11.6 Å². The highest BCUT2D eigenvalue weighted by molar-refractivity contribution is 6.32. The second-order valence-corrected chi connectivity index (χ2v) is 5.41. The normalized spacial score (nSPS) is 11.9. The lowest BCUT2D eigenvalue weighted by Crippen LogP contribution is -2.45. The summed E-state index contributed by atoms with van der Waals surface area (Å²) >= 11 is 6.14. The molecule has 108 valence electrons. The molecule has 0 saturated heterocycles. The van der Waals surface area contributed by atoms with Gasteiger partial charge in [-0.15, -0.1) is 0 Å². The molecule has 0 aliphatic rings. The minimum absolute atomic E-state index is 0.0179. The maximum atomic E-state index is 12.1. The summed E-state index contributed by atoms with van der Waals surface area (Å²) in [6.45, 7) is 8.36. The molecule has 0 aliphatic carbocycles. The number of hydrogen-bond donors (Lipinski definition) is 2. The lowest BCUT2D eigenvalue weighted by molar-refractivity contribution is 0.443. The molecule has 0 unspecified atom stereocenters. The molecule has 0 atom stereocenters. The van der Waals surface area contributed by atoms with E-state index in [9.17, 15) is 4.79 Å². The van der Waals surface area contributed by atoms with Gasteiger partial charge in [-0.05, 0) is 26.7 Å². The zero-order valence-corrected chi connectivity index (χ0v) is 12.8. The van der Waals surface area contributed by atoms with Crippen molar-refractivity contribution in [1.29, 1.82) is 0 Å². The molecular formula is C13H23ClN4O. The van der Waals surface area contributed by atoms with Gasteiger partial charge >= 0.3 is 0 Å². The molecule has 0 amide bonds. The highest BCUT2D eigenvalue weighted by atomic mass is 35.5. The summed E-state index contributed by atoms with van der Waals surface area (Å²) in [4.78, 5) is 12.1. The third kappa shape index (κ3) is 3.28. The van der Waals surface area contributed by atoms with Crippen molar-refractivity contribution in [1.82, 2.24) is 9.78 Å². The molecule has 6 heteroatoms. The SMILES string of the molecule is CCC(CC)(CN)Nc1cnn(C(C)C)c(=O)c1Cl. The van der Waals surface area contributed by atoms with Gasteiger partial charge in [0.1, 0.15) is 5.02 Å². The van der Waals surface area contributed by atoms with Gasteiger partial charge < -0.3 is 11.1 Å². The van der Waals surface area contributed by atoms with Crippen LogP contribution in [0, 0.1) is 0 Å². The standard InChI is InChI=1S/C13H23ClN4O/c1-5-13(6-2,8-15)17-10-7-16-18(9(3)4)12(19)11(10)14/h7,9,17H,5-6,8,15H2,1-4H3.